The number of para-hydroxylation sites is 2. The van der Waals surface area contributed by atoms with Crippen LogP contribution in [-0.4, -0.2) is 87.8 Å². The summed E-state index contributed by atoms with van der Waals surface area (Å²) in [5.41, 5.74) is 5.36. The molecule has 1 fully saturated rings. The summed E-state index contributed by atoms with van der Waals surface area (Å²) in [7, 11) is 5.13. The first-order chi connectivity index (χ1) is 22.4. The number of likely N-dealkylation sites (N-methyl/N-ethyl adjacent to an activating group) is 1. The molecule has 46 heavy (non-hydrogen) atoms. The number of rotatable bonds is 14. The quantitative estimate of drug-likeness (QED) is 0.259. The van der Waals surface area contributed by atoms with Crippen molar-refractivity contribution in [1.82, 2.24) is 15.1 Å². The van der Waals surface area contributed by atoms with E-state index in [0.717, 1.165) is 46.6 Å². The van der Waals surface area contributed by atoms with E-state index >= 15 is 0 Å². The van der Waals surface area contributed by atoms with Crippen LogP contribution in [0.1, 0.15) is 36.5 Å². The molecule has 2 aliphatic heterocycles. The van der Waals surface area contributed by atoms with Crippen LogP contribution in [0.4, 0.5) is 0 Å². The van der Waals surface area contributed by atoms with Crippen LogP contribution in [0.25, 0.3) is 5.57 Å². The molecule has 0 radical (unpaired) electrons. The van der Waals surface area contributed by atoms with Gasteiger partial charge in [-0.05, 0) is 47.4 Å². The predicted octanol–water partition coefficient (Wildman–Crippen LogP) is 4.74. The average molecular weight is 628 g/mol. The normalized spacial score (nSPS) is 17.4. The topological polar surface area (TPSA) is 89.6 Å². The minimum absolute atomic E-state index is 0.00772. The maximum absolute atomic E-state index is 13.4. The fourth-order valence-corrected chi connectivity index (χ4v) is 6.24. The van der Waals surface area contributed by atoms with Crippen molar-refractivity contribution in [2.75, 3.05) is 54.1 Å². The Morgan fingerprint density at radius 1 is 0.891 bits per heavy atom. The van der Waals surface area contributed by atoms with Gasteiger partial charge in [-0.15, -0.1) is 0 Å². The lowest BCUT2D eigenvalue weighted by atomic mass is 9.83. The van der Waals surface area contributed by atoms with Gasteiger partial charge < -0.3 is 34.1 Å². The third-order valence-electron chi connectivity index (χ3n) is 8.71. The highest BCUT2D eigenvalue weighted by molar-refractivity contribution is 5.81. The second-order valence-corrected chi connectivity index (χ2v) is 11.9. The second kappa shape index (κ2) is 15.8. The molecule has 0 spiro atoms. The number of piperazine rings is 1. The molecule has 9 heteroatoms. The second-order valence-electron chi connectivity index (χ2n) is 11.9. The summed E-state index contributed by atoms with van der Waals surface area (Å²) in [6, 6.07) is 23.8. The van der Waals surface area contributed by atoms with Crippen molar-refractivity contribution in [3.8, 4) is 17.2 Å². The number of hydrogen-bond acceptors (Lipinski definition) is 7. The van der Waals surface area contributed by atoms with Crippen molar-refractivity contribution in [3.05, 3.63) is 95.1 Å². The number of nitrogens with zero attached hydrogens (tertiary/aromatic N) is 2. The zero-order valence-corrected chi connectivity index (χ0v) is 27.3. The molecule has 3 aromatic carbocycles. The van der Waals surface area contributed by atoms with E-state index in [1.807, 2.05) is 72.6 Å². The largest absolute Gasteiger partial charge is 0.496 e. The van der Waals surface area contributed by atoms with Gasteiger partial charge in [0.2, 0.25) is 11.8 Å². The Kier molecular flexibility index (Phi) is 11.3. The summed E-state index contributed by atoms with van der Waals surface area (Å²) < 4.78 is 22.7. The molecule has 1 unspecified atom stereocenters. The highest BCUT2D eigenvalue weighted by atomic mass is 16.5. The molecule has 3 aromatic rings. The van der Waals surface area contributed by atoms with Crippen LogP contribution in [0, 0.1) is 0 Å². The van der Waals surface area contributed by atoms with Crippen LogP contribution in [0.15, 0.2) is 78.4 Å². The van der Waals surface area contributed by atoms with E-state index < -0.39 is 0 Å². The maximum atomic E-state index is 13.4. The lowest BCUT2D eigenvalue weighted by molar-refractivity contribution is -0.131. The molecule has 2 aliphatic rings. The molecule has 244 valence electrons. The molecular formula is C37H45N3O6. The standard InChI is InChI=1S/C37H45N3O6/c1-26(41)40-22-30-21-32(33(34(24-40)38-30)23-39(2)37(42)20-28-10-5-7-12-35(28)43-3)27-14-16-31(17-15-27)46-19-9-18-45-25-29-11-6-8-13-36(29)44-4/h5-8,10-17,30,34,38H,9,18-25H2,1-4H3/t30?,34-/m1/s1. The molecule has 1 saturated heterocycles. The lowest BCUT2D eigenvalue weighted by Crippen LogP contribution is -2.61. The van der Waals surface area contributed by atoms with Gasteiger partial charge in [0.05, 0.1) is 40.5 Å². The number of methoxy groups -OCH3 is 2. The number of carbonyl (C=O) groups excluding carboxylic acids is 2. The van der Waals surface area contributed by atoms with Gasteiger partial charge in [0.25, 0.3) is 0 Å². The Hall–Kier alpha value is -4.34. The monoisotopic (exact) mass is 627 g/mol. The molecular weight excluding hydrogens is 582 g/mol. The number of ether oxygens (including phenoxy) is 4. The molecule has 9 nitrogen and oxygen atoms in total. The highest BCUT2D eigenvalue weighted by Crippen LogP contribution is 2.34. The van der Waals surface area contributed by atoms with Crippen molar-refractivity contribution >= 4 is 17.4 Å². The summed E-state index contributed by atoms with van der Waals surface area (Å²) in [6.45, 7) is 4.98. The SMILES string of the molecule is COc1ccccc1COCCCOc1ccc(C2=C(CN(C)C(=O)Cc3ccccc3OC)[C@H]3CN(C(C)=O)CC(C2)N3)cc1. The fraction of sp³-hybridized carbons (Fsp3) is 0.405. The van der Waals surface area contributed by atoms with Crippen molar-refractivity contribution in [1.29, 1.82) is 0 Å². The fourth-order valence-electron chi connectivity index (χ4n) is 6.24. The molecule has 2 atom stereocenters. The molecule has 0 aliphatic carbocycles. The average Bonchev–Trinajstić information content (AvgIpc) is 3.07. The first-order valence-electron chi connectivity index (χ1n) is 15.9. The van der Waals surface area contributed by atoms with Crippen LogP contribution < -0.4 is 19.5 Å². The first kappa shape index (κ1) is 33.0. The van der Waals surface area contributed by atoms with Crippen LogP contribution >= 0.6 is 0 Å². The number of amides is 2. The Morgan fingerprint density at radius 2 is 1.57 bits per heavy atom. The van der Waals surface area contributed by atoms with E-state index in [0.29, 0.717) is 45.2 Å². The smallest absolute Gasteiger partial charge is 0.227 e. The summed E-state index contributed by atoms with van der Waals surface area (Å²) in [5.74, 6) is 2.42. The van der Waals surface area contributed by atoms with E-state index in [9.17, 15) is 9.59 Å². The summed E-state index contributed by atoms with van der Waals surface area (Å²) in [4.78, 5) is 29.4. The van der Waals surface area contributed by atoms with Gasteiger partial charge >= 0.3 is 0 Å². The molecule has 0 aromatic heterocycles. The van der Waals surface area contributed by atoms with Crippen molar-refractivity contribution in [2.24, 2.45) is 0 Å². The van der Waals surface area contributed by atoms with E-state index in [-0.39, 0.29) is 30.3 Å². The predicted molar refractivity (Wildman–Crippen MR) is 178 cm³/mol. The number of carbonyl (C=O) groups is 2. The zero-order chi connectivity index (χ0) is 32.5. The Morgan fingerprint density at radius 3 is 2.26 bits per heavy atom. The van der Waals surface area contributed by atoms with Crippen molar-refractivity contribution in [3.63, 3.8) is 0 Å². The Labute approximate surface area is 272 Å². The first-order valence-corrected chi connectivity index (χ1v) is 15.9. The molecule has 2 amide bonds. The number of fused-ring (bicyclic) bond motifs is 2. The van der Waals surface area contributed by atoms with E-state index in [1.165, 1.54) is 5.57 Å². The summed E-state index contributed by atoms with van der Waals surface area (Å²) >= 11 is 0. The van der Waals surface area contributed by atoms with E-state index in [4.69, 9.17) is 18.9 Å². The van der Waals surface area contributed by atoms with Crippen LogP contribution in [-0.2, 0) is 27.4 Å². The molecule has 2 bridgehead atoms. The zero-order valence-electron chi connectivity index (χ0n) is 27.3. The van der Waals surface area contributed by atoms with Crippen LogP contribution in [0.3, 0.4) is 0 Å². The van der Waals surface area contributed by atoms with Crippen LogP contribution in [0.2, 0.25) is 0 Å². The lowest BCUT2D eigenvalue weighted by Gasteiger charge is -2.45. The van der Waals surface area contributed by atoms with Gasteiger partial charge in [-0.1, -0.05) is 48.5 Å². The van der Waals surface area contributed by atoms with Crippen molar-refractivity contribution in [2.45, 2.75) is 44.9 Å². The number of nitrogens with one attached hydrogen (secondary N) is 1. The molecule has 2 heterocycles. The van der Waals surface area contributed by atoms with Crippen molar-refractivity contribution < 1.29 is 28.5 Å². The van der Waals surface area contributed by atoms with Gasteiger partial charge in [-0.2, -0.15) is 0 Å². The van der Waals surface area contributed by atoms with Gasteiger partial charge in [-0.25, -0.2) is 0 Å². The molecule has 5 rings (SSSR count). The Bertz CT molecular complexity index is 1520. The summed E-state index contributed by atoms with van der Waals surface area (Å²) in [6.07, 6.45) is 1.79. The Balaban J connectivity index is 1.23. The third-order valence-corrected chi connectivity index (χ3v) is 8.71. The minimum Gasteiger partial charge on any atom is -0.496 e. The number of hydrogen-bond donors (Lipinski definition) is 1. The van der Waals surface area contributed by atoms with Gasteiger partial charge in [0.15, 0.2) is 0 Å². The highest BCUT2D eigenvalue weighted by Gasteiger charge is 2.37. The van der Waals surface area contributed by atoms with Gasteiger partial charge in [-0.3, -0.25) is 9.59 Å². The molecule has 0 saturated carbocycles. The maximum Gasteiger partial charge on any atom is 0.227 e. The van der Waals surface area contributed by atoms with E-state index in [2.05, 4.69) is 17.4 Å². The minimum atomic E-state index is -0.0281. The number of benzene rings is 3. The van der Waals surface area contributed by atoms with Gasteiger partial charge in [0, 0.05) is 63.2 Å². The van der Waals surface area contributed by atoms with Crippen LogP contribution in [0.5, 0.6) is 17.2 Å². The summed E-state index contributed by atoms with van der Waals surface area (Å²) in [5, 5.41) is 3.72. The molecule has 1 N–H and O–H groups in total. The van der Waals surface area contributed by atoms with E-state index in [1.54, 1.807) is 26.0 Å². The third kappa shape index (κ3) is 8.27. The van der Waals surface area contributed by atoms with Gasteiger partial charge in [0.1, 0.15) is 17.2 Å².